The molecule has 0 aromatic carbocycles. The molecule has 3 N–H and O–H groups in total. The largest absolute Gasteiger partial charge is 0.384 e. The van der Waals surface area contributed by atoms with E-state index < -0.39 is 10.0 Å². The van der Waals surface area contributed by atoms with E-state index >= 15 is 0 Å². The summed E-state index contributed by atoms with van der Waals surface area (Å²) in [6.07, 6.45) is 4.45. The Morgan fingerprint density at radius 3 is 2.70 bits per heavy atom. The van der Waals surface area contributed by atoms with Gasteiger partial charge in [0.1, 0.15) is 10.7 Å². The van der Waals surface area contributed by atoms with E-state index in [0.717, 1.165) is 32.4 Å². The number of nitrogens with two attached hydrogens (primary N) is 1. The average Bonchev–Trinajstić information content (AvgIpc) is 2.41. The van der Waals surface area contributed by atoms with Crippen molar-refractivity contribution in [3.05, 3.63) is 18.3 Å². The first-order chi connectivity index (χ1) is 9.47. The maximum absolute atomic E-state index is 12.0. The first-order valence-electron chi connectivity index (χ1n) is 6.87. The van der Waals surface area contributed by atoms with Gasteiger partial charge in [0.2, 0.25) is 10.0 Å². The van der Waals surface area contributed by atoms with E-state index in [9.17, 15) is 8.42 Å². The molecule has 112 valence electrons. The fraction of sp³-hybridized carbons (Fsp3) is 0.615. The quantitative estimate of drug-likeness (QED) is 0.834. The van der Waals surface area contributed by atoms with Crippen LogP contribution in [0.2, 0.25) is 0 Å². The van der Waals surface area contributed by atoms with Crippen LogP contribution in [0.1, 0.15) is 19.3 Å². The van der Waals surface area contributed by atoms with Crippen molar-refractivity contribution in [3.8, 4) is 0 Å². The smallest absolute Gasteiger partial charge is 0.242 e. The summed E-state index contributed by atoms with van der Waals surface area (Å²) in [5, 5.41) is 0. The van der Waals surface area contributed by atoms with Gasteiger partial charge in [-0.2, -0.15) is 0 Å². The fourth-order valence-electron chi connectivity index (χ4n) is 2.38. The summed E-state index contributed by atoms with van der Waals surface area (Å²) in [5.41, 5.74) is 5.45. The Balaban J connectivity index is 1.82. The van der Waals surface area contributed by atoms with Crippen molar-refractivity contribution >= 4 is 15.8 Å². The van der Waals surface area contributed by atoms with Crippen LogP contribution in [0.5, 0.6) is 0 Å². The maximum atomic E-state index is 12.0. The van der Waals surface area contributed by atoms with Crippen molar-refractivity contribution in [2.75, 3.05) is 32.4 Å². The second-order valence-electron chi connectivity index (χ2n) is 5.35. The van der Waals surface area contributed by atoms with Crippen LogP contribution in [0, 0.1) is 5.92 Å². The molecule has 6 nitrogen and oxygen atoms in total. The van der Waals surface area contributed by atoms with Gasteiger partial charge < -0.3 is 10.6 Å². The number of hydrogen-bond acceptors (Lipinski definition) is 5. The van der Waals surface area contributed by atoms with Crippen molar-refractivity contribution in [1.82, 2.24) is 14.6 Å². The number of nitrogens with one attached hydrogen (secondary N) is 1. The Labute approximate surface area is 120 Å². The number of hydrogen-bond donors (Lipinski definition) is 2. The second-order valence-corrected chi connectivity index (χ2v) is 7.12. The van der Waals surface area contributed by atoms with E-state index in [1.54, 1.807) is 0 Å². The predicted octanol–water partition coefficient (Wildman–Crippen LogP) is 0.674. The molecule has 7 heteroatoms. The van der Waals surface area contributed by atoms with E-state index in [4.69, 9.17) is 5.73 Å². The zero-order chi connectivity index (χ0) is 14.6. The number of sulfonamides is 1. The van der Waals surface area contributed by atoms with Crippen LogP contribution in [-0.4, -0.2) is 45.0 Å². The third-order valence-corrected chi connectivity index (χ3v) is 5.20. The number of anilines is 1. The summed E-state index contributed by atoms with van der Waals surface area (Å²) in [4.78, 5) is 6.27. The predicted molar refractivity (Wildman–Crippen MR) is 78.7 cm³/mol. The molecule has 0 radical (unpaired) electrons. The lowest BCUT2D eigenvalue weighted by molar-refractivity contribution is 0.213. The molecule has 2 rings (SSSR count). The molecule has 0 bridgehead atoms. The van der Waals surface area contributed by atoms with E-state index in [-0.39, 0.29) is 4.90 Å². The third-order valence-electron chi connectivity index (χ3n) is 3.75. The second kappa shape index (κ2) is 6.51. The third kappa shape index (κ3) is 4.16. The standard InChI is InChI=1S/C13H22N4O2S/c1-17-8-5-11(6-9-17)4-7-16-20(18,19)12-2-3-13(14)15-10-12/h2-3,10-11,16H,4-9H2,1H3,(H2,14,15). The lowest BCUT2D eigenvalue weighted by Crippen LogP contribution is -2.32. The summed E-state index contributed by atoms with van der Waals surface area (Å²) < 4.78 is 26.7. The zero-order valence-corrected chi connectivity index (χ0v) is 12.6. The molecule has 1 aliphatic heterocycles. The molecule has 0 aliphatic carbocycles. The van der Waals surface area contributed by atoms with Crippen LogP contribution in [0.15, 0.2) is 23.2 Å². The van der Waals surface area contributed by atoms with E-state index in [2.05, 4.69) is 21.7 Å². The summed E-state index contributed by atoms with van der Waals surface area (Å²) in [6, 6.07) is 2.96. The van der Waals surface area contributed by atoms with Gasteiger partial charge in [0.15, 0.2) is 0 Å². The van der Waals surface area contributed by atoms with Gasteiger partial charge in [-0.1, -0.05) is 0 Å². The van der Waals surface area contributed by atoms with Crippen molar-refractivity contribution in [2.45, 2.75) is 24.2 Å². The number of nitrogen functional groups attached to an aromatic ring is 1. The highest BCUT2D eigenvalue weighted by Crippen LogP contribution is 2.19. The van der Waals surface area contributed by atoms with Crippen molar-refractivity contribution in [2.24, 2.45) is 5.92 Å². The molecular weight excluding hydrogens is 276 g/mol. The molecule has 20 heavy (non-hydrogen) atoms. The minimum absolute atomic E-state index is 0.162. The van der Waals surface area contributed by atoms with Gasteiger partial charge in [-0.3, -0.25) is 0 Å². The number of nitrogens with zero attached hydrogens (tertiary/aromatic N) is 2. The van der Waals surface area contributed by atoms with Crippen LogP contribution in [-0.2, 0) is 10.0 Å². The van der Waals surface area contributed by atoms with Gasteiger partial charge in [-0.05, 0) is 57.5 Å². The Hall–Kier alpha value is -1.18. The molecule has 1 aromatic rings. The monoisotopic (exact) mass is 298 g/mol. The maximum Gasteiger partial charge on any atom is 0.242 e. The minimum Gasteiger partial charge on any atom is -0.384 e. The highest BCUT2D eigenvalue weighted by atomic mass is 32.2. The van der Waals surface area contributed by atoms with Crippen molar-refractivity contribution < 1.29 is 8.42 Å². The Morgan fingerprint density at radius 1 is 1.40 bits per heavy atom. The van der Waals surface area contributed by atoms with E-state index in [1.807, 2.05) is 0 Å². The van der Waals surface area contributed by atoms with Gasteiger partial charge in [-0.15, -0.1) is 0 Å². The molecule has 1 saturated heterocycles. The van der Waals surface area contributed by atoms with Gasteiger partial charge in [0.25, 0.3) is 0 Å². The lowest BCUT2D eigenvalue weighted by atomic mass is 9.94. The van der Waals surface area contributed by atoms with E-state index in [1.165, 1.54) is 18.3 Å². The molecular formula is C13H22N4O2S. The molecule has 2 heterocycles. The van der Waals surface area contributed by atoms with Gasteiger partial charge in [0.05, 0.1) is 0 Å². The van der Waals surface area contributed by atoms with Crippen LogP contribution in [0.25, 0.3) is 0 Å². The van der Waals surface area contributed by atoms with Crippen LogP contribution < -0.4 is 10.5 Å². The Bertz CT molecular complexity index is 522. The number of piperidine rings is 1. The van der Waals surface area contributed by atoms with Crippen LogP contribution >= 0.6 is 0 Å². The van der Waals surface area contributed by atoms with Gasteiger partial charge in [-0.25, -0.2) is 18.1 Å². The molecule has 0 unspecified atom stereocenters. The van der Waals surface area contributed by atoms with Gasteiger partial charge in [0, 0.05) is 12.7 Å². The summed E-state index contributed by atoms with van der Waals surface area (Å²) in [5.74, 6) is 0.925. The van der Waals surface area contributed by atoms with Crippen molar-refractivity contribution in [1.29, 1.82) is 0 Å². The zero-order valence-electron chi connectivity index (χ0n) is 11.7. The summed E-state index contributed by atoms with van der Waals surface area (Å²) in [6.45, 7) is 2.67. The minimum atomic E-state index is -3.47. The van der Waals surface area contributed by atoms with Crippen LogP contribution in [0.4, 0.5) is 5.82 Å². The number of rotatable bonds is 5. The molecule has 1 aromatic heterocycles. The molecule has 0 amide bonds. The number of likely N-dealkylation sites (tertiary alicyclic amines) is 1. The van der Waals surface area contributed by atoms with Crippen molar-refractivity contribution in [3.63, 3.8) is 0 Å². The summed E-state index contributed by atoms with van der Waals surface area (Å²) in [7, 11) is -1.35. The Kier molecular flexibility index (Phi) is 4.95. The van der Waals surface area contributed by atoms with Crippen LogP contribution in [0.3, 0.4) is 0 Å². The highest BCUT2D eigenvalue weighted by molar-refractivity contribution is 7.89. The average molecular weight is 298 g/mol. The normalized spacial score (nSPS) is 18.2. The Morgan fingerprint density at radius 2 is 2.10 bits per heavy atom. The molecule has 1 fully saturated rings. The molecule has 0 atom stereocenters. The lowest BCUT2D eigenvalue weighted by Gasteiger charge is -2.28. The first-order valence-corrected chi connectivity index (χ1v) is 8.35. The molecule has 0 saturated carbocycles. The number of aromatic nitrogens is 1. The number of pyridine rings is 1. The molecule has 0 spiro atoms. The van der Waals surface area contributed by atoms with E-state index in [0.29, 0.717) is 18.3 Å². The van der Waals surface area contributed by atoms with Gasteiger partial charge >= 0.3 is 0 Å². The fourth-order valence-corrected chi connectivity index (χ4v) is 3.37. The highest BCUT2D eigenvalue weighted by Gasteiger charge is 2.18. The molecule has 1 aliphatic rings. The summed E-state index contributed by atoms with van der Waals surface area (Å²) >= 11 is 0. The SMILES string of the molecule is CN1CCC(CCNS(=O)(=O)c2ccc(N)nc2)CC1. The topological polar surface area (TPSA) is 88.3 Å². The first kappa shape index (κ1) is 15.2.